The average Bonchev–Trinajstić information content (AvgIpc) is 2.47. The largest absolute Gasteiger partial charge is 0.373 e. The van der Waals surface area contributed by atoms with Gasteiger partial charge >= 0.3 is 0 Å². The van der Waals surface area contributed by atoms with Gasteiger partial charge < -0.3 is 5.32 Å². The highest BCUT2D eigenvalue weighted by atomic mass is 15.0. The van der Waals surface area contributed by atoms with E-state index >= 15 is 0 Å². The first kappa shape index (κ1) is 11.2. The number of aromatic nitrogens is 2. The van der Waals surface area contributed by atoms with E-state index in [9.17, 15) is 0 Å². The third kappa shape index (κ3) is 2.08. The van der Waals surface area contributed by atoms with Crippen molar-refractivity contribution >= 4 is 5.82 Å². The molecule has 0 fully saturated rings. The van der Waals surface area contributed by atoms with Gasteiger partial charge in [0.1, 0.15) is 12.1 Å². The molecule has 0 spiro atoms. The van der Waals surface area contributed by atoms with Crippen LogP contribution in [-0.4, -0.2) is 17.0 Å². The molecule has 2 aromatic rings. The van der Waals surface area contributed by atoms with Gasteiger partial charge in [0.15, 0.2) is 0 Å². The van der Waals surface area contributed by atoms with Crippen LogP contribution >= 0.6 is 0 Å². The molecular weight excluding hydrogens is 222 g/mol. The number of aryl methyl sites for hydroxylation is 2. The molecule has 1 aromatic heterocycles. The molecule has 1 aromatic carbocycles. The molecule has 0 bridgehead atoms. The number of hydrogen-bond acceptors (Lipinski definition) is 3. The summed E-state index contributed by atoms with van der Waals surface area (Å²) in [6.45, 7) is 0. The Hall–Kier alpha value is -1.90. The van der Waals surface area contributed by atoms with Crippen LogP contribution in [0.3, 0.4) is 0 Å². The minimum atomic E-state index is 0.859. The van der Waals surface area contributed by atoms with E-state index in [0.29, 0.717) is 0 Å². The summed E-state index contributed by atoms with van der Waals surface area (Å²) in [5.41, 5.74) is 5.17. The molecule has 18 heavy (non-hydrogen) atoms. The molecule has 3 rings (SSSR count). The molecule has 1 aliphatic rings. The third-order valence-electron chi connectivity index (χ3n) is 3.57. The lowest BCUT2D eigenvalue weighted by Crippen LogP contribution is -2.02. The van der Waals surface area contributed by atoms with Crippen molar-refractivity contribution < 1.29 is 0 Å². The number of hydrogen-bond donors (Lipinski definition) is 1. The van der Waals surface area contributed by atoms with Gasteiger partial charge in [-0.2, -0.15) is 0 Å². The van der Waals surface area contributed by atoms with Crippen LogP contribution in [-0.2, 0) is 12.8 Å². The Balaban J connectivity index is 2.00. The topological polar surface area (TPSA) is 37.8 Å². The predicted octanol–water partition coefficient (Wildman–Crippen LogP) is 3.06. The maximum atomic E-state index is 4.36. The van der Waals surface area contributed by atoms with Crippen LogP contribution < -0.4 is 5.32 Å². The summed E-state index contributed by atoms with van der Waals surface area (Å²) in [6.07, 6.45) is 6.67. The van der Waals surface area contributed by atoms with Gasteiger partial charge in [-0.1, -0.05) is 12.1 Å². The number of benzene rings is 1. The van der Waals surface area contributed by atoms with Crippen molar-refractivity contribution in [3.05, 3.63) is 41.7 Å². The number of fused-ring (bicyclic) bond motifs is 1. The maximum Gasteiger partial charge on any atom is 0.129 e. The fourth-order valence-electron chi connectivity index (χ4n) is 2.54. The highest BCUT2D eigenvalue weighted by molar-refractivity contribution is 5.63. The first-order valence-electron chi connectivity index (χ1n) is 6.49. The number of rotatable bonds is 2. The van der Waals surface area contributed by atoms with E-state index in [1.165, 1.54) is 42.4 Å². The Kier molecular flexibility index (Phi) is 2.97. The zero-order chi connectivity index (χ0) is 12.4. The summed E-state index contributed by atoms with van der Waals surface area (Å²) < 4.78 is 0. The molecule has 0 amide bonds. The molecule has 3 nitrogen and oxygen atoms in total. The number of nitrogens with one attached hydrogen (secondary N) is 1. The Morgan fingerprint density at radius 3 is 2.67 bits per heavy atom. The van der Waals surface area contributed by atoms with E-state index in [-0.39, 0.29) is 0 Å². The van der Waals surface area contributed by atoms with Crippen molar-refractivity contribution in [2.24, 2.45) is 0 Å². The summed E-state index contributed by atoms with van der Waals surface area (Å²) in [5.74, 6) is 0.859. The molecule has 3 heteroatoms. The van der Waals surface area contributed by atoms with Crippen molar-refractivity contribution in [3.8, 4) is 11.3 Å². The van der Waals surface area contributed by atoms with Gasteiger partial charge in [0, 0.05) is 18.7 Å². The van der Waals surface area contributed by atoms with Crippen molar-refractivity contribution in [2.75, 3.05) is 12.4 Å². The first-order valence-corrected chi connectivity index (χ1v) is 6.49. The minimum absolute atomic E-state index is 0.859. The second-order valence-electron chi connectivity index (χ2n) is 4.73. The Labute approximate surface area is 107 Å². The smallest absolute Gasteiger partial charge is 0.129 e. The summed E-state index contributed by atoms with van der Waals surface area (Å²) in [4.78, 5) is 8.50. The normalized spacial score (nSPS) is 14.1. The number of nitrogens with zero attached hydrogens (tertiary/aromatic N) is 2. The molecule has 0 radical (unpaired) electrons. The van der Waals surface area contributed by atoms with E-state index in [4.69, 9.17) is 0 Å². The SMILES string of the molecule is CNc1cc(-c2ccc3c(c2)CCCC3)ncn1. The van der Waals surface area contributed by atoms with Crippen molar-refractivity contribution in [1.82, 2.24) is 9.97 Å². The summed E-state index contributed by atoms with van der Waals surface area (Å²) in [7, 11) is 1.87. The fourth-order valence-corrected chi connectivity index (χ4v) is 2.54. The molecule has 0 saturated heterocycles. The molecular formula is C15H17N3. The Morgan fingerprint density at radius 2 is 1.83 bits per heavy atom. The lowest BCUT2D eigenvalue weighted by molar-refractivity contribution is 0.686. The summed E-state index contributed by atoms with van der Waals surface area (Å²) in [5, 5.41) is 3.05. The van der Waals surface area contributed by atoms with Crippen LogP contribution in [0.5, 0.6) is 0 Å². The van der Waals surface area contributed by atoms with Crippen LogP contribution in [0.1, 0.15) is 24.0 Å². The quantitative estimate of drug-likeness (QED) is 0.875. The van der Waals surface area contributed by atoms with Gasteiger partial charge in [0.2, 0.25) is 0 Å². The average molecular weight is 239 g/mol. The van der Waals surface area contributed by atoms with Gasteiger partial charge in [-0.3, -0.25) is 0 Å². The summed E-state index contributed by atoms with van der Waals surface area (Å²) in [6, 6.07) is 8.71. The van der Waals surface area contributed by atoms with Crippen LogP contribution in [0, 0.1) is 0 Å². The van der Waals surface area contributed by atoms with Gasteiger partial charge in [-0.15, -0.1) is 0 Å². The maximum absolute atomic E-state index is 4.36. The second kappa shape index (κ2) is 4.77. The minimum Gasteiger partial charge on any atom is -0.373 e. The van der Waals surface area contributed by atoms with E-state index in [1.54, 1.807) is 6.33 Å². The molecule has 1 N–H and O–H groups in total. The van der Waals surface area contributed by atoms with E-state index in [0.717, 1.165) is 11.5 Å². The first-order chi connectivity index (χ1) is 8.86. The van der Waals surface area contributed by atoms with Crippen LogP contribution in [0.15, 0.2) is 30.6 Å². The van der Waals surface area contributed by atoms with E-state index in [2.05, 4.69) is 33.5 Å². The van der Waals surface area contributed by atoms with Crippen molar-refractivity contribution in [2.45, 2.75) is 25.7 Å². The van der Waals surface area contributed by atoms with Gasteiger partial charge in [0.25, 0.3) is 0 Å². The summed E-state index contributed by atoms with van der Waals surface area (Å²) >= 11 is 0. The highest BCUT2D eigenvalue weighted by Crippen LogP contribution is 2.26. The Morgan fingerprint density at radius 1 is 1.00 bits per heavy atom. The van der Waals surface area contributed by atoms with Crippen molar-refractivity contribution in [1.29, 1.82) is 0 Å². The van der Waals surface area contributed by atoms with Gasteiger partial charge in [-0.25, -0.2) is 9.97 Å². The number of anilines is 1. The standard InChI is InChI=1S/C15H17N3/c1-16-15-9-14(17-10-18-15)13-7-6-11-4-2-3-5-12(11)8-13/h6-10H,2-5H2,1H3,(H,16,17,18). The molecule has 0 saturated carbocycles. The van der Waals surface area contributed by atoms with Crippen LogP contribution in [0.4, 0.5) is 5.82 Å². The molecule has 1 aliphatic carbocycles. The van der Waals surface area contributed by atoms with Crippen LogP contribution in [0.2, 0.25) is 0 Å². The molecule has 92 valence electrons. The van der Waals surface area contributed by atoms with E-state index in [1.807, 2.05) is 13.1 Å². The van der Waals surface area contributed by atoms with Crippen molar-refractivity contribution in [3.63, 3.8) is 0 Å². The highest BCUT2D eigenvalue weighted by Gasteiger charge is 2.10. The predicted molar refractivity (Wildman–Crippen MR) is 73.7 cm³/mol. The lowest BCUT2D eigenvalue weighted by atomic mass is 9.90. The molecule has 0 atom stereocenters. The van der Waals surface area contributed by atoms with Gasteiger partial charge in [0.05, 0.1) is 5.69 Å². The fraction of sp³-hybridized carbons (Fsp3) is 0.333. The van der Waals surface area contributed by atoms with Gasteiger partial charge in [-0.05, 0) is 42.9 Å². The van der Waals surface area contributed by atoms with Crippen LogP contribution in [0.25, 0.3) is 11.3 Å². The molecule has 1 heterocycles. The zero-order valence-electron chi connectivity index (χ0n) is 10.6. The molecule has 0 aliphatic heterocycles. The second-order valence-corrected chi connectivity index (χ2v) is 4.73. The Bertz CT molecular complexity index is 563. The lowest BCUT2D eigenvalue weighted by Gasteiger charge is -2.16. The monoisotopic (exact) mass is 239 g/mol. The van der Waals surface area contributed by atoms with E-state index < -0.39 is 0 Å². The molecule has 0 unspecified atom stereocenters. The zero-order valence-corrected chi connectivity index (χ0v) is 10.6. The third-order valence-corrected chi connectivity index (χ3v) is 3.57.